The van der Waals surface area contributed by atoms with E-state index in [9.17, 15) is 9.59 Å². The summed E-state index contributed by atoms with van der Waals surface area (Å²) in [6.07, 6.45) is 3.69. The Morgan fingerprint density at radius 3 is 2.21 bits per heavy atom. The zero-order valence-electron chi connectivity index (χ0n) is 31.5. The lowest BCUT2D eigenvalue weighted by atomic mass is 9.90. The van der Waals surface area contributed by atoms with Crippen LogP contribution in [0.15, 0.2) is 53.7 Å². The summed E-state index contributed by atoms with van der Waals surface area (Å²) in [5, 5.41) is 2.27. The molecule has 0 unspecified atom stereocenters. The van der Waals surface area contributed by atoms with Crippen molar-refractivity contribution in [2.45, 2.75) is 105 Å². The number of rotatable bonds is 3. The minimum Gasteiger partial charge on any atom is -0.488 e. The fourth-order valence-electron chi connectivity index (χ4n) is 8.25. The number of ether oxygens (including phenoxy) is 3. The van der Waals surface area contributed by atoms with Crippen LogP contribution in [-0.2, 0) is 22.5 Å². The average Bonchev–Trinajstić information content (AvgIpc) is 3.87. The summed E-state index contributed by atoms with van der Waals surface area (Å²) in [7, 11) is 0. The largest absolute Gasteiger partial charge is 0.488 e. The van der Waals surface area contributed by atoms with Crippen molar-refractivity contribution in [2.75, 3.05) is 13.1 Å². The minimum absolute atomic E-state index is 0.0705. The molecule has 0 saturated carbocycles. The second-order valence-corrected chi connectivity index (χ2v) is 17.2. The highest BCUT2D eigenvalue weighted by Gasteiger charge is 2.41. The van der Waals surface area contributed by atoms with Crippen LogP contribution in [0.5, 0.6) is 5.75 Å². The first-order valence-corrected chi connectivity index (χ1v) is 18.6. The van der Waals surface area contributed by atoms with Gasteiger partial charge in [0.05, 0.1) is 29.7 Å². The van der Waals surface area contributed by atoms with Gasteiger partial charge in [-0.1, -0.05) is 32.0 Å². The molecule has 2 amide bonds. The van der Waals surface area contributed by atoms with Gasteiger partial charge in [-0.25, -0.2) is 14.6 Å². The highest BCUT2D eigenvalue weighted by Crippen LogP contribution is 2.45. The first kappa shape index (κ1) is 34.2. The van der Waals surface area contributed by atoms with Crippen LogP contribution in [0, 0.1) is 11.8 Å². The molecule has 4 aromatic rings. The zero-order valence-corrected chi connectivity index (χ0v) is 31.5. The molecular weight excluding hydrogens is 654 g/mol. The number of benzene rings is 3. The van der Waals surface area contributed by atoms with Crippen molar-refractivity contribution in [3.63, 3.8) is 0 Å². The van der Waals surface area contributed by atoms with E-state index >= 15 is 0 Å². The molecule has 272 valence electrons. The molecule has 4 aliphatic heterocycles. The van der Waals surface area contributed by atoms with Crippen molar-refractivity contribution < 1.29 is 23.8 Å². The molecule has 0 spiro atoms. The van der Waals surface area contributed by atoms with Gasteiger partial charge in [-0.2, -0.15) is 0 Å². The van der Waals surface area contributed by atoms with Crippen LogP contribution in [-0.4, -0.2) is 68.0 Å². The van der Waals surface area contributed by atoms with E-state index in [4.69, 9.17) is 24.2 Å². The zero-order chi connectivity index (χ0) is 36.7. The number of imidazole rings is 1. The Kier molecular flexibility index (Phi) is 8.15. The van der Waals surface area contributed by atoms with Crippen molar-refractivity contribution in [1.29, 1.82) is 0 Å². The quantitative estimate of drug-likeness (QED) is 0.228. The third-order valence-electron chi connectivity index (χ3n) is 10.5. The predicted octanol–water partition coefficient (Wildman–Crippen LogP) is 9.38. The lowest BCUT2D eigenvalue weighted by Gasteiger charge is -2.28. The number of nitrogens with one attached hydrogen (secondary N) is 1. The number of aliphatic imine (C=N–C) groups is 1. The molecule has 0 radical (unpaired) electrons. The standard InChI is InChI=1S/C42H49N5O5/c1-23-13-35(46(20-23)39(48)51-41(3,4)5)33-17-30-29-18-37-31(16-25(29)10-12-32(30)44-33)28-11-9-26(15-27(28)22-50-37)34-19-43-38(45-34)36-14-24(2)21-47(36)40(49)52-42(6,7)8/h9-12,15-16,18-19,23-24,35-36H,13-14,17,20-22H2,1-8H3,(H,43,45)/t23-,24-,35-,36-/m0/s1. The van der Waals surface area contributed by atoms with Gasteiger partial charge in [0.15, 0.2) is 0 Å². The number of hydrogen-bond acceptors (Lipinski definition) is 7. The lowest BCUT2D eigenvalue weighted by molar-refractivity contribution is 0.0212. The second kappa shape index (κ2) is 12.4. The summed E-state index contributed by atoms with van der Waals surface area (Å²) in [4.78, 5) is 43.2. The van der Waals surface area contributed by atoms with Gasteiger partial charge in [0.2, 0.25) is 0 Å². The summed E-state index contributed by atoms with van der Waals surface area (Å²) in [6, 6.07) is 14.9. The number of hydrogen-bond donors (Lipinski definition) is 1. The molecule has 3 aromatic carbocycles. The summed E-state index contributed by atoms with van der Waals surface area (Å²) in [5.74, 6) is 2.36. The minimum atomic E-state index is -0.559. The number of aromatic amines is 1. The predicted molar refractivity (Wildman–Crippen MR) is 202 cm³/mol. The first-order chi connectivity index (χ1) is 24.6. The van der Waals surface area contributed by atoms with Crippen LogP contribution < -0.4 is 4.74 Å². The molecule has 0 bridgehead atoms. The van der Waals surface area contributed by atoms with E-state index in [0.29, 0.717) is 38.0 Å². The van der Waals surface area contributed by atoms with Gasteiger partial charge in [0, 0.05) is 30.8 Å². The SMILES string of the molecule is C[C@H]1C[C@@H](C2=Nc3ccc4cc5c(cc4c3C2)OCc2cc(-c3cnc([C@@H]4C[C@H](C)CN4C(=O)OC(C)(C)C)[nH]3)ccc2-5)N(C(=O)OC(C)(C)C)C1. The fourth-order valence-corrected chi connectivity index (χ4v) is 8.25. The summed E-state index contributed by atoms with van der Waals surface area (Å²) in [5.41, 5.74) is 7.31. The van der Waals surface area contributed by atoms with E-state index in [1.54, 1.807) is 4.90 Å². The maximum atomic E-state index is 13.2. The maximum Gasteiger partial charge on any atom is 0.410 e. The third-order valence-corrected chi connectivity index (χ3v) is 10.5. The monoisotopic (exact) mass is 703 g/mol. The van der Waals surface area contributed by atoms with Crippen LogP contribution in [0.4, 0.5) is 15.3 Å². The van der Waals surface area contributed by atoms with Gasteiger partial charge in [0.1, 0.15) is 29.4 Å². The van der Waals surface area contributed by atoms with Gasteiger partial charge in [-0.05, 0) is 124 Å². The molecule has 5 heterocycles. The number of carbonyl (C=O) groups excluding carboxylic acids is 2. The molecule has 52 heavy (non-hydrogen) atoms. The molecule has 2 fully saturated rings. The number of carbonyl (C=O) groups is 2. The van der Waals surface area contributed by atoms with E-state index in [2.05, 4.69) is 61.3 Å². The molecule has 10 nitrogen and oxygen atoms in total. The normalized spacial score (nSPS) is 22.5. The Balaban J connectivity index is 1.03. The van der Waals surface area contributed by atoms with E-state index < -0.39 is 11.2 Å². The van der Waals surface area contributed by atoms with Gasteiger partial charge in [0.25, 0.3) is 0 Å². The van der Waals surface area contributed by atoms with Crippen molar-refractivity contribution in [3.8, 4) is 28.1 Å². The Hall–Kier alpha value is -4.86. The number of fused-ring (bicyclic) bond motifs is 6. The number of nitrogens with zero attached hydrogens (tertiary/aromatic N) is 4. The molecule has 1 N–H and O–H groups in total. The van der Waals surface area contributed by atoms with Crippen molar-refractivity contribution in [3.05, 3.63) is 65.6 Å². The maximum absolute atomic E-state index is 13.2. The average molecular weight is 704 g/mol. The molecule has 2 saturated heterocycles. The first-order valence-electron chi connectivity index (χ1n) is 18.6. The van der Waals surface area contributed by atoms with Crippen molar-refractivity contribution in [1.82, 2.24) is 19.8 Å². The number of amides is 2. The molecule has 1 aromatic heterocycles. The second-order valence-electron chi connectivity index (χ2n) is 17.2. The molecule has 4 atom stereocenters. The third kappa shape index (κ3) is 6.41. The van der Waals surface area contributed by atoms with Crippen LogP contribution >= 0.6 is 0 Å². The Morgan fingerprint density at radius 2 is 1.52 bits per heavy atom. The van der Waals surface area contributed by atoms with Crippen LogP contribution in [0.25, 0.3) is 33.2 Å². The number of aromatic nitrogens is 2. The smallest absolute Gasteiger partial charge is 0.410 e. The summed E-state index contributed by atoms with van der Waals surface area (Å²) in [6.45, 7) is 17.5. The fraction of sp³-hybridized carbons (Fsp3) is 0.476. The molecule has 4 aliphatic rings. The molecule has 0 aliphatic carbocycles. The van der Waals surface area contributed by atoms with Gasteiger partial charge in [-0.3, -0.25) is 14.8 Å². The van der Waals surface area contributed by atoms with Crippen molar-refractivity contribution >= 4 is 34.4 Å². The van der Waals surface area contributed by atoms with E-state index in [-0.39, 0.29) is 24.3 Å². The van der Waals surface area contributed by atoms with Gasteiger partial charge in [-0.15, -0.1) is 0 Å². The lowest BCUT2D eigenvalue weighted by Crippen LogP contribution is -2.43. The molecule has 8 rings (SSSR count). The molecular formula is C42H49N5O5. The van der Waals surface area contributed by atoms with E-state index in [0.717, 1.165) is 74.5 Å². The Labute approximate surface area is 305 Å². The highest BCUT2D eigenvalue weighted by atomic mass is 16.6. The van der Waals surface area contributed by atoms with E-state index in [1.807, 2.05) is 52.6 Å². The Bertz CT molecular complexity index is 2120. The number of likely N-dealkylation sites (tertiary alicyclic amines) is 2. The van der Waals surface area contributed by atoms with Crippen LogP contribution in [0.3, 0.4) is 0 Å². The highest BCUT2D eigenvalue weighted by molar-refractivity contribution is 6.06. The number of H-pyrrole nitrogens is 1. The van der Waals surface area contributed by atoms with Crippen LogP contribution in [0.1, 0.15) is 91.2 Å². The summed E-state index contributed by atoms with van der Waals surface area (Å²) >= 11 is 0. The molecule has 10 heteroatoms. The van der Waals surface area contributed by atoms with Crippen LogP contribution in [0.2, 0.25) is 0 Å². The topological polar surface area (TPSA) is 109 Å². The Morgan fingerprint density at radius 1 is 0.846 bits per heavy atom. The van der Waals surface area contributed by atoms with Gasteiger partial charge >= 0.3 is 12.2 Å². The van der Waals surface area contributed by atoms with E-state index in [1.165, 1.54) is 5.56 Å². The van der Waals surface area contributed by atoms with Gasteiger partial charge < -0.3 is 19.2 Å². The summed E-state index contributed by atoms with van der Waals surface area (Å²) < 4.78 is 17.9. The van der Waals surface area contributed by atoms with Crippen molar-refractivity contribution in [2.24, 2.45) is 16.8 Å².